The van der Waals surface area contributed by atoms with E-state index in [1.165, 1.54) is 12.2 Å². The van der Waals surface area contributed by atoms with Crippen molar-refractivity contribution < 1.29 is 29.6 Å². The van der Waals surface area contributed by atoms with Gasteiger partial charge in [-0.3, -0.25) is 9.59 Å². The predicted molar refractivity (Wildman–Crippen MR) is 55.0 cm³/mol. The molecule has 0 saturated carbocycles. The van der Waals surface area contributed by atoms with Crippen molar-refractivity contribution in [2.75, 3.05) is 6.61 Å². The van der Waals surface area contributed by atoms with Crippen LogP contribution in [0.2, 0.25) is 0 Å². The smallest absolute Gasteiger partial charge is 0.162 e. The van der Waals surface area contributed by atoms with E-state index in [0.717, 1.165) is 0 Å². The predicted octanol–water partition coefficient (Wildman–Crippen LogP) is -1.82. The molecule has 5 atom stereocenters. The zero-order valence-corrected chi connectivity index (χ0v) is 9.02. The Hall–Kier alpha value is -1.08. The highest BCUT2D eigenvalue weighted by atomic mass is 16.6. The zero-order chi connectivity index (χ0) is 12.6. The number of Topliss-reactive ketones (excluding diaryl/α,β-unsaturated/α-hetero) is 1. The van der Waals surface area contributed by atoms with Crippen LogP contribution in [0.4, 0.5) is 0 Å². The molecule has 1 aliphatic heterocycles. The van der Waals surface area contributed by atoms with Crippen LogP contribution in [0.1, 0.15) is 6.42 Å². The van der Waals surface area contributed by atoms with Gasteiger partial charge in [0.2, 0.25) is 0 Å². The monoisotopic (exact) mass is 242 g/mol. The molecule has 1 heterocycles. The quantitative estimate of drug-likeness (QED) is 0.493. The van der Waals surface area contributed by atoms with E-state index in [-0.39, 0.29) is 18.0 Å². The summed E-state index contributed by atoms with van der Waals surface area (Å²) in [4.78, 5) is 22.6. The van der Waals surface area contributed by atoms with Crippen LogP contribution in [-0.2, 0) is 14.3 Å². The minimum atomic E-state index is -1.24. The summed E-state index contributed by atoms with van der Waals surface area (Å²) in [6, 6.07) is 0. The fourth-order valence-electron chi connectivity index (χ4n) is 2.18. The molecule has 0 amide bonds. The first-order chi connectivity index (χ1) is 8.04. The molecule has 6 nitrogen and oxygen atoms in total. The average Bonchev–Trinajstić information content (AvgIpc) is 2.57. The van der Waals surface area contributed by atoms with Gasteiger partial charge in [-0.2, -0.15) is 0 Å². The minimum Gasteiger partial charge on any atom is -0.394 e. The van der Waals surface area contributed by atoms with E-state index in [1.807, 2.05) is 0 Å². The first-order valence-corrected chi connectivity index (χ1v) is 5.40. The average molecular weight is 242 g/mol. The molecule has 2 rings (SSSR count). The van der Waals surface area contributed by atoms with Crippen LogP contribution >= 0.6 is 0 Å². The second kappa shape index (κ2) is 4.66. The molecule has 94 valence electrons. The highest BCUT2D eigenvalue weighted by Gasteiger charge is 2.47. The Bertz CT molecular complexity index is 363. The molecule has 1 saturated heterocycles. The summed E-state index contributed by atoms with van der Waals surface area (Å²) in [6.07, 6.45) is -1.81. The lowest BCUT2D eigenvalue weighted by Gasteiger charge is -2.23. The Balaban J connectivity index is 2.16. The highest BCUT2D eigenvalue weighted by Crippen LogP contribution is 2.29. The SMILES string of the molecule is O=C1C=CC([C@@H]2OC(CO)[C@@H](O)[C@H]2O)C(=O)C1. The summed E-state index contributed by atoms with van der Waals surface area (Å²) < 4.78 is 5.25. The molecular weight excluding hydrogens is 228 g/mol. The van der Waals surface area contributed by atoms with Gasteiger partial charge in [-0.15, -0.1) is 0 Å². The highest BCUT2D eigenvalue weighted by molar-refractivity contribution is 6.08. The Kier molecular flexibility index (Phi) is 3.39. The van der Waals surface area contributed by atoms with Gasteiger partial charge >= 0.3 is 0 Å². The number of carbonyl (C=O) groups excluding carboxylic acids is 2. The van der Waals surface area contributed by atoms with Crippen molar-refractivity contribution in [1.82, 2.24) is 0 Å². The summed E-state index contributed by atoms with van der Waals surface area (Å²) in [5.41, 5.74) is 0. The Morgan fingerprint density at radius 2 is 2.00 bits per heavy atom. The van der Waals surface area contributed by atoms with Gasteiger partial charge < -0.3 is 20.1 Å². The van der Waals surface area contributed by atoms with Crippen molar-refractivity contribution in [1.29, 1.82) is 0 Å². The molecule has 1 aliphatic carbocycles. The largest absolute Gasteiger partial charge is 0.394 e. The minimum absolute atomic E-state index is 0.215. The second-order valence-electron chi connectivity index (χ2n) is 4.30. The lowest BCUT2D eigenvalue weighted by Crippen LogP contribution is -2.40. The van der Waals surface area contributed by atoms with E-state index >= 15 is 0 Å². The molecule has 1 fully saturated rings. The number of allylic oxidation sites excluding steroid dienone is 1. The van der Waals surface area contributed by atoms with Crippen molar-refractivity contribution in [2.24, 2.45) is 5.92 Å². The maximum atomic E-state index is 11.6. The van der Waals surface area contributed by atoms with E-state index in [1.54, 1.807) is 0 Å². The van der Waals surface area contributed by atoms with E-state index in [4.69, 9.17) is 9.84 Å². The molecule has 2 unspecified atom stereocenters. The van der Waals surface area contributed by atoms with Gasteiger partial charge in [-0.1, -0.05) is 6.08 Å². The number of hydrogen-bond acceptors (Lipinski definition) is 6. The first-order valence-electron chi connectivity index (χ1n) is 5.40. The molecule has 0 aromatic rings. The van der Waals surface area contributed by atoms with Crippen LogP contribution < -0.4 is 0 Å². The van der Waals surface area contributed by atoms with Crippen molar-refractivity contribution in [3.05, 3.63) is 12.2 Å². The van der Waals surface area contributed by atoms with Crippen molar-refractivity contribution in [3.63, 3.8) is 0 Å². The lowest BCUT2D eigenvalue weighted by molar-refractivity contribution is -0.132. The van der Waals surface area contributed by atoms with Crippen LogP contribution in [0, 0.1) is 5.92 Å². The van der Waals surface area contributed by atoms with Gasteiger partial charge in [-0.25, -0.2) is 0 Å². The van der Waals surface area contributed by atoms with Gasteiger partial charge in [0.25, 0.3) is 0 Å². The standard InChI is InChI=1S/C11H14O6/c12-4-8-9(15)10(16)11(17-8)6-2-1-5(13)3-7(6)14/h1-2,6,8-12,15-16H,3-4H2/t6?,8?,9-,10-,11+/m1/s1. The number of aliphatic hydroxyl groups excluding tert-OH is 3. The first kappa shape index (κ1) is 12.4. The number of hydrogen-bond donors (Lipinski definition) is 3. The normalized spacial score (nSPS) is 42.2. The van der Waals surface area contributed by atoms with Crippen LogP contribution in [0.15, 0.2) is 12.2 Å². The number of rotatable bonds is 2. The van der Waals surface area contributed by atoms with E-state index in [9.17, 15) is 19.8 Å². The summed E-state index contributed by atoms with van der Waals surface area (Å²) in [6.45, 7) is -0.432. The third-order valence-electron chi connectivity index (χ3n) is 3.14. The maximum absolute atomic E-state index is 11.6. The number of ether oxygens (including phenoxy) is 1. The van der Waals surface area contributed by atoms with E-state index < -0.39 is 36.9 Å². The molecule has 0 radical (unpaired) electrons. The van der Waals surface area contributed by atoms with Crippen molar-refractivity contribution in [2.45, 2.75) is 30.8 Å². The van der Waals surface area contributed by atoms with Crippen LogP contribution in [-0.4, -0.2) is 57.9 Å². The van der Waals surface area contributed by atoms with Crippen molar-refractivity contribution >= 4 is 11.6 Å². The molecule has 17 heavy (non-hydrogen) atoms. The van der Waals surface area contributed by atoms with Crippen LogP contribution in [0.5, 0.6) is 0 Å². The van der Waals surface area contributed by atoms with Gasteiger partial charge in [0.1, 0.15) is 24.1 Å². The van der Waals surface area contributed by atoms with Gasteiger partial charge in [0, 0.05) is 0 Å². The van der Waals surface area contributed by atoms with E-state index in [0.29, 0.717) is 0 Å². The molecule has 6 heteroatoms. The zero-order valence-electron chi connectivity index (χ0n) is 9.02. The van der Waals surface area contributed by atoms with Gasteiger partial charge in [-0.05, 0) is 6.08 Å². The molecule has 3 N–H and O–H groups in total. The Morgan fingerprint density at radius 1 is 1.29 bits per heavy atom. The summed E-state index contributed by atoms with van der Waals surface area (Å²) in [7, 11) is 0. The fourth-order valence-corrected chi connectivity index (χ4v) is 2.18. The van der Waals surface area contributed by atoms with Crippen LogP contribution in [0.3, 0.4) is 0 Å². The summed E-state index contributed by atoms with van der Waals surface area (Å²) in [5, 5.41) is 28.2. The van der Waals surface area contributed by atoms with Gasteiger partial charge in [0.05, 0.1) is 25.0 Å². The summed E-state index contributed by atoms with van der Waals surface area (Å²) >= 11 is 0. The fraction of sp³-hybridized carbons (Fsp3) is 0.636. The molecule has 0 aromatic heterocycles. The third kappa shape index (κ3) is 2.16. The van der Waals surface area contributed by atoms with Crippen LogP contribution in [0.25, 0.3) is 0 Å². The summed E-state index contributed by atoms with van der Waals surface area (Å²) in [5.74, 6) is -1.36. The second-order valence-corrected chi connectivity index (χ2v) is 4.30. The van der Waals surface area contributed by atoms with Crippen molar-refractivity contribution in [3.8, 4) is 0 Å². The van der Waals surface area contributed by atoms with Gasteiger partial charge in [0.15, 0.2) is 5.78 Å². The number of aliphatic hydroxyl groups is 3. The molecule has 0 bridgehead atoms. The van der Waals surface area contributed by atoms with E-state index in [2.05, 4.69) is 0 Å². The topological polar surface area (TPSA) is 104 Å². The molecule has 0 aromatic carbocycles. The Labute approximate surface area is 97.5 Å². The lowest BCUT2D eigenvalue weighted by atomic mass is 9.86. The Morgan fingerprint density at radius 3 is 2.53 bits per heavy atom. The maximum Gasteiger partial charge on any atom is 0.162 e. The molecule has 0 spiro atoms. The molecular formula is C11H14O6. The number of carbonyl (C=O) groups is 2. The molecule has 2 aliphatic rings. The third-order valence-corrected chi connectivity index (χ3v) is 3.14. The number of ketones is 2.